The van der Waals surface area contributed by atoms with Crippen LogP contribution in [0, 0.1) is 0 Å². The lowest BCUT2D eigenvalue weighted by molar-refractivity contribution is 0.129. The third-order valence-corrected chi connectivity index (χ3v) is 5.77. The Morgan fingerprint density at radius 2 is 1.76 bits per heavy atom. The van der Waals surface area contributed by atoms with Gasteiger partial charge in [0.15, 0.2) is 5.96 Å². The molecule has 0 aromatic heterocycles. The maximum Gasteiger partial charge on any atom is 0.191 e. The highest BCUT2D eigenvalue weighted by atomic mass is 127. The summed E-state index contributed by atoms with van der Waals surface area (Å²) in [6.45, 7) is 9.36. The Bertz CT molecular complexity index is 645. The summed E-state index contributed by atoms with van der Waals surface area (Å²) in [5.74, 6) is 1.81. The number of guanidine groups is 1. The van der Waals surface area contributed by atoms with Gasteiger partial charge in [-0.3, -0.25) is 4.99 Å². The van der Waals surface area contributed by atoms with Crippen molar-refractivity contribution >= 4 is 29.9 Å². The summed E-state index contributed by atoms with van der Waals surface area (Å²) < 4.78 is 6.10. The molecular weight excluding hydrogens is 475 g/mol. The lowest BCUT2D eigenvalue weighted by atomic mass is 10.0. The fraction of sp³-hybridized carbons (Fsp3) is 0.696. The van der Waals surface area contributed by atoms with Crippen molar-refractivity contribution < 1.29 is 4.74 Å². The zero-order valence-electron chi connectivity index (χ0n) is 18.5. The number of aliphatic imine (C=N–C) groups is 1. The van der Waals surface area contributed by atoms with Gasteiger partial charge < -0.3 is 20.3 Å². The van der Waals surface area contributed by atoms with E-state index in [1.54, 1.807) is 0 Å². The average molecular weight is 514 g/mol. The molecule has 6 heteroatoms. The Morgan fingerprint density at radius 3 is 2.38 bits per heavy atom. The Kier molecular flexibility index (Phi) is 9.53. The number of nitrogens with zero attached hydrogens (tertiary/aromatic N) is 2. The van der Waals surface area contributed by atoms with Crippen LogP contribution in [0.15, 0.2) is 29.3 Å². The third kappa shape index (κ3) is 7.63. The van der Waals surface area contributed by atoms with Crippen molar-refractivity contribution in [3.63, 3.8) is 0 Å². The first-order chi connectivity index (χ1) is 13.4. The number of ether oxygens (including phenoxy) is 1. The molecule has 0 atom stereocenters. The molecule has 2 N–H and O–H groups in total. The molecule has 1 aliphatic heterocycles. The fourth-order valence-electron chi connectivity index (χ4n) is 4.32. The van der Waals surface area contributed by atoms with Crippen molar-refractivity contribution in [2.24, 2.45) is 4.99 Å². The molecule has 1 aromatic carbocycles. The summed E-state index contributed by atoms with van der Waals surface area (Å²) in [5.41, 5.74) is 0.944. The minimum atomic E-state index is -0.205. The molecule has 3 rings (SSSR count). The Hall–Kier alpha value is -1.02. The molecule has 1 saturated carbocycles. The van der Waals surface area contributed by atoms with Crippen LogP contribution >= 0.6 is 24.0 Å². The molecule has 1 heterocycles. The van der Waals surface area contributed by atoms with Crippen LogP contribution in [0.2, 0.25) is 0 Å². The van der Waals surface area contributed by atoms with Gasteiger partial charge in [-0.1, -0.05) is 31.0 Å². The third-order valence-electron chi connectivity index (χ3n) is 5.77. The lowest BCUT2D eigenvalue weighted by Gasteiger charge is -2.36. The molecule has 1 aliphatic carbocycles. The molecule has 2 aliphatic rings. The van der Waals surface area contributed by atoms with Gasteiger partial charge in [0.1, 0.15) is 11.4 Å². The summed E-state index contributed by atoms with van der Waals surface area (Å²) in [6, 6.07) is 9.58. The first kappa shape index (κ1) is 24.3. The zero-order valence-corrected chi connectivity index (χ0v) is 20.9. The van der Waals surface area contributed by atoms with Gasteiger partial charge in [-0.15, -0.1) is 24.0 Å². The number of nitrogens with one attached hydrogen (secondary N) is 2. The van der Waals surface area contributed by atoms with Gasteiger partial charge in [0, 0.05) is 44.3 Å². The first-order valence-corrected chi connectivity index (χ1v) is 10.9. The number of benzene rings is 1. The predicted octanol–water partition coefficient (Wildman–Crippen LogP) is 4.55. The van der Waals surface area contributed by atoms with E-state index in [1.807, 2.05) is 19.2 Å². The monoisotopic (exact) mass is 514 g/mol. The standard InChI is InChI=1S/C23H38N4O.HI/c1-23(2,3)28-21-12-8-5-9-18(21)17-25-22(24-4)26-19-13-15-27(16-14-19)20-10-6-7-11-20;/h5,8-9,12,19-20H,6-7,10-11,13-17H2,1-4H3,(H2,24,25,26);1H. The fourth-order valence-corrected chi connectivity index (χ4v) is 4.32. The minimum Gasteiger partial charge on any atom is -0.488 e. The van der Waals surface area contributed by atoms with Gasteiger partial charge in [-0.2, -0.15) is 0 Å². The normalized spacial score (nSPS) is 19.7. The summed E-state index contributed by atoms with van der Waals surface area (Å²) in [6.07, 6.45) is 8.02. The molecule has 29 heavy (non-hydrogen) atoms. The summed E-state index contributed by atoms with van der Waals surface area (Å²) in [5, 5.41) is 7.10. The van der Waals surface area contributed by atoms with Crippen LogP contribution in [0.5, 0.6) is 5.75 Å². The van der Waals surface area contributed by atoms with Crippen molar-refractivity contribution in [1.29, 1.82) is 0 Å². The van der Waals surface area contributed by atoms with E-state index >= 15 is 0 Å². The van der Waals surface area contributed by atoms with Crippen molar-refractivity contribution in [3.05, 3.63) is 29.8 Å². The Balaban J connectivity index is 0.00000300. The topological polar surface area (TPSA) is 48.9 Å². The Labute approximate surface area is 194 Å². The second-order valence-electron chi connectivity index (χ2n) is 9.14. The zero-order chi connectivity index (χ0) is 20.0. The van der Waals surface area contributed by atoms with Gasteiger partial charge in [-0.05, 0) is 52.5 Å². The van der Waals surface area contributed by atoms with Gasteiger partial charge >= 0.3 is 0 Å². The number of likely N-dealkylation sites (tertiary alicyclic amines) is 1. The molecule has 0 radical (unpaired) electrons. The molecule has 0 bridgehead atoms. The predicted molar refractivity (Wildman–Crippen MR) is 132 cm³/mol. The molecular formula is C23H39IN4O. The van der Waals surface area contributed by atoms with Crippen LogP contribution in [0.25, 0.3) is 0 Å². The van der Waals surface area contributed by atoms with Crippen LogP contribution in [-0.4, -0.2) is 48.7 Å². The lowest BCUT2D eigenvalue weighted by Crippen LogP contribution is -2.50. The van der Waals surface area contributed by atoms with Crippen LogP contribution in [-0.2, 0) is 6.54 Å². The van der Waals surface area contributed by atoms with E-state index in [1.165, 1.54) is 51.6 Å². The van der Waals surface area contributed by atoms with Crippen molar-refractivity contribution in [1.82, 2.24) is 15.5 Å². The summed E-state index contributed by atoms with van der Waals surface area (Å²) >= 11 is 0. The van der Waals surface area contributed by atoms with Gasteiger partial charge in [-0.25, -0.2) is 0 Å². The Morgan fingerprint density at radius 1 is 1.10 bits per heavy atom. The number of hydrogen-bond acceptors (Lipinski definition) is 3. The van der Waals surface area contributed by atoms with Crippen LogP contribution in [0.4, 0.5) is 0 Å². The van der Waals surface area contributed by atoms with E-state index < -0.39 is 0 Å². The van der Waals surface area contributed by atoms with E-state index in [-0.39, 0.29) is 29.6 Å². The highest BCUT2D eigenvalue weighted by Gasteiger charge is 2.27. The molecule has 1 aromatic rings. The highest BCUT2D eigenvalue weighted by molar-refractivity contribution is 14.0. The molecule has 0 amide bonds. The average Bonchev–Trinajstić information content (AvgIpc) is 3.20. The smallest absolute Gasteiger partial charge is 0.191 e. The first-order valence-electron chi connectivity index (χ1n) is 10.9. The van der Waals surface area contributed by atoms with Crippen molar-refractivity contribution in [3.8, 4) is 5.75 Å². The number of rotatable bonds is 5. The minimum absolute atomic E-state index is 0. The van der Waals surface area contributed by atoms with Crippen LogP contribution in [0.1, 0.15) is 64.9 Å². The molecule has 1 saturated heterocycles. The number of piperidine rings is 1. The van der Waals surface area contributed by atoms with Crippen molar-refractivity contribution in [2.75, 3.05) is 20.1 Å². The number of para-hydroxylation sites is 1. The van der Waals surface area contributed by atoms with Crippen LogP contribution < -0.4 is 15.4 Å². The second kappa shape index (κ2) is 11.4. The van der Waals surface area contributed by atoms with E-state index in [2.05, 4.69) is 53.4 Å². The molecule has 5 nitrogen and oxygen atoms in total. The molecule has 2 fully saturated rings. The summed E-state index contributed by atoms with van der Waals surface area (Å²) in [4.78, 5) is 7.15. The van der Waals surface area contributed by atoms with Gasteiger partial charge in [0.2, 0.25) is 0 Å². The van der Waals surface area contributed by atoms with E-state index in [9.17, 15) is 0 Å². The van der Waals surface area contributed by atoms with Gasteiger partial charge in [0.25, 0.3) is 0 Å². The largest absolute Gasteiger partial charge is 0.488 e. The van der Waals surface area contributed by atoms with E-state index in [0.717, 1.165) is 23.3 Å². The highest BCUT2D eigenvalue weighted by Crippen LogP contribution is 2.26. The second-order valence-corrected chi connectivity index (χ2v) is 9.14. The number of halogens is 1. The maximum atomic E-state index is 6.10. The van der Waals surface area contributed by atoms with Crippen LogP contribution in [0.3, 0.4) is 0 Å². The van der Waals surface area contributed by atoms with E-state index in [0.29, 0.717) is 12.6 Å². The summed E-state index contributed by atoms with van der Waals surface area (Å²) in [7, 11) is 1.85. The molecule has 164 valence electrons. The van der Waals surface area contributed by atoms with E-state index in [4.69, 9.17) is 4.74 Å². The molecule has 0 spiro atoms. The van der Waals surface area contributed by atoms with Crippen molar-refractivity contribution in [2.45, 2.75) is 83.5 Å². The maximum absolute atomic E-state index is 6.10. The number of hydrogen-bond donors (Lipinski definition) is 2. The SMILES string of the molecule is CN=C(NCc1ccccc1OC(C)(C)C)NC1CCN(C2CCCC2)CC1.I. The van der Waals surface area contributed by atoms with Gasteiger partial charge in [0.05, 0.1) is 0 Å². The quantitative estimate of drug-likeness (QED) is 0.344. The molecule has 0 unspecified atom stereocenters.